The summed E-state index contributed by atoms with van der Waals surface area (Å²) in [6.07, 6.45) is 1.55. The summed E-state index contributed by atoms with van der Waals surface area (Å²) in [7, 11) is -0.330. The molecule has 0 spiro atoms. The van der Waals surface area contributed by atoms with E-state index in [1.165, 1.54) is 0 Å². The third kappa shape index (κ3) is 6.47. The number of rotatable bonds is 11. The monoisotopic (exact) mass is 434 g/mol. The summed E-state index contributed by atoms with van der Waals surface area (Å²) in [5, 5.41) is 2.97. The van der Waals surface area contributed by atoms with Crippen molar-refractivity contribution in [3.05, 3.63) is 53.6 Å². The molecule has 7 nitrogen and oxygen atoms in total. The molecule has 2 aromatic rings. The van der Waals surface area contributed by atoms with Gasteiger partial charge in [-0.15, -0.1) is 0 Å². The molecule has 1 amide bonds. The van der Waals surface area contributed by atoms with E-state index in [9.17, 15) is 13.2 Å². The number of carbonyl (C=O) groups is 1. The van der Waals surface area contributed by atoms with Gasteiger partial charge in [-0.3, -0.25) is 4.79 Å². The van der Waals surface area contributed by atoms with Gasteiger partial charge in [-0.1, -0.05) is 25.1 Å². The smallest absolute Gasteiger partial charge is 0.240 e. The second-order valence-electron chi connectivity index (χ2n) is 6.95. The Morgan fingerprint density at radius 3 is 2.30 bits per heavy atom. The van der Waals surface area contributed by atoms with Gasteiger partial charge < -0.3 is 14.8 Å². The topological polar surface area (TPSA) is 93.7 Å². The van der Waals surface area contributed by atoms with E-state index in [1.807, 2.05) is 32.0 Å². The molecule has 0 fully saturated rings. The Morgan fingerprint density at radius 1 is 1.03 bits per heavy atom. The lowest BCUT2D eigenvalue weighted by molar-refractivity contribution is -0.121. The van der Waals surface area contributed by atoms with Crippen LogP contribution in [0.3, 0.4) is 0 Å². The molecule has 0 radical (unpaired) electrons. The Balaban J connectivity index is 1.91. The minimum Gasteiger partial charge on any atom is -0.493 e. The van der Waals surface area contributed by atoms with Crippen LogP contribution in [0, 0.1) is 0 Å². The Morgan fingerprint density at radius 2 is 1.70 bits per heavy atom. The maximum atomic E-state index is 12.3. The van der Waals surface area contributed by atoms with Crippen LogP contribution in [-0.2, 0) is 21.2 Å². The van der Waals surface area contributed by atoms with Crippen LogP contribution in [0.1, 0.15) is 43.9 Å². The first kappa shape index (κ1) is 23.7. The number of amides is 1. The lowest BCUT2D eigenvalue weighted by Crippen LogP contribution is -2.26. The van der Waals surface area contributed by atoms with Crippen molar-refractivity contribution in [1.29, 1.82) is 0 Å². The minimum absolute atomic E-state index is 0.0846. The predicted octanol–water partition coefficient (Wildman–Crippen LogP) is 3.20. The average Bonchev–Trinajstić information content (AvgIpc) is 2.76. The van der Waals surface area contributed by atoms with Crippen molar-refractivity contribution < 1.29 is 22.7 Å². The van der Waals surface area contributed by atoms with Crippen molar-refractivity contribution in [2.45, 2.75) is 44.0 Å². The summed E-state index contributed by atoms with van der Waals surface area (Å²) >= 11 is 0. The number of hydrogen-bond donors (Lipinski definition) is 2. The first-order valence-electron chi connectivity index (χ1n) is 9.90. The summed E-state index contributed by atoms with van der Waals surface area (Å²) in [4.78, 5) is 12.6. The van der Waals surface area contributed by atoms with E-state index in [1.54, 1.807) is 38.5 Å². The third-order valence-corrected chi connectivity index (χ3v) is 6.18. The molecule has 0 aliphatic rings. The molecular weight excluding hydrogens is 404 g/mol. The first-order valence-corrected chi connectivity index (χ1v) is 11.4. The second-order valence-corrected chi connectivity index (χ2v) is 8.71. The van der Waals surface area contributed by atoms with Crippen molar-refractivity contribution in [3.8, 4) is 11.5 Å². The minimum atomic E-state index is -3.48. The largest absolute Gasteiger partial charge is 0.493 e. The van der Waals surface area contributed by atoms with Gasteiger partial charge in [0.15, 0.2) is 11.5 Å². The number of ether oxygens (including phenoxy) is 2. The van der Waals surface area contributed by atoms with Gasteiger partial charge in [0.05, 0.1) is 25.2 Å². The fraction of sp³-hybridized carbons (Fsp3) is 0.409. The Labute approximate surface area is 178 Å². The third-order valence-electron chi connectivity index (χ3n) is 4.70. The number of aryl methyl sites for hydroxylation is 1. The van der Waals surface area contributed by atoms with Gasteiger partial charge in [-0.05, 0) is 55.2 Å². The average molecular weight is 435 g/mol. The maximum absolute atomic E-state index is 12.3. The fourth-order valence-electron chi connectivity index (χ4n) is 2.93. The molecule has 0 saturated carbocycles. The molecule has 2 N–H and O–H groups in total. The van der Waals surface area contributed by atoms with Crippen LogP contribution in [0.15, 0.2) is 47.4 Å². The number of carbonyl (C=O) groups excluding carboxylic acids is 1. The van der Waals surface area contributed by atoms with Crippen molar-refractivity contribution in [1.82, 2.24) is 10.0 Å². The van der Waals surface area contributed by atoms with Gasteiger partial charge in [0.2, 0.25) is 15.9 Å². The number of methoxy groups -OCH3 is 2. The number of hydrogen-bond acceptors (Lipinski definition) is 5. The predicted molar refractivity (Wildman–Crippen MR) is 116 cm³/mol. The van der Waals surface area contributed by atoms with E-state index < -0.39 is 10.0 Å². The fourth-order valence-corrected chi connectivity index (χ4v) is 4.07. The van der Waals surface area contributed by atoms with Crippen LogP contribution in [-0.4, -0.2) is 35.1 Å². The molecule has 2 rings (SSSR count). The highest BCUT2D eigenvalue weighted by molar-refractivity contribution is 7.89. The van der Waals surface area contributed by atoms with Crippen molar-refractivity contribution in [2.75, 3.05) is 20.8 Å². The van der Waals surface area contributed by atoms with Crippen LogP contribution in [0.4, 0.5) is 0 Å². The summed E-state index contributed by atoms with van der Waals surface area (Å²) in [6, 6.07) is 12.0. The van der Waals surface area contributed by atoms with Crippen molar-refractivity contribution in [2.24, 2.45) is 0 Å². The zero-order valence-electron chi connectivity index (χ0n) is 17.9. The van der Waals surface area contributed by atoms with Gasteiger partial charge in [0.1, 0.15) is 0 Å². The number of sulfonamides is 1. The Bertz CT molecular complexity index is 943. The highest BCUT2D eigenvalue weighted by Gasteiger charge is 2.14. The summed E-state index contributed by atoms with van der Waals surface area (Å²) in [5.74, 6) is 1.16. The molecule has 164 valence electrons. The molecule has 0 aliphatic carbocycles. The van der Waals surface area contributed by atoms with Gasteiger partial charge >= 0.3 is 0 Å². The lowest BCUT2D eigenvalue weighted by atomic mass is 10.1. The highest BCUT2D eigenvalue weighted by Crippen LogP contribution is 2.29. The van der Waals surface area contributed by atoms with Gasteiger partial charge in [0, 0.05) is 13.0 Å². The van der Waals surface area contributed by atoms with Crippen LogP contribution < -0.4 is 19.5 Å². The number of nitrogens with one attached hydrogen (secondary N) is 2. The Kier molecular flexibility index (Phi) is 8.68. The summed E-state index contributed by atoms with van der Waals surface area (Å²) in [6.45, 7) is 4.22. The van der Waals surface area contributed by atoms with Crippen LogP contribution >= 0.6 is 0 Å². The molecule has 0 aromatic heterocycles. The molecule has 0 saturated heterocycles. The zero-order chi connectivity index (χ0) is 22.1. The van der Waals surface area contributed by atoms with E-state index in [2.05, 4.69) is 10.0 Å². The second kappa shape index (κ2) is 11.0. The molecule has 0 aliphatic heterocycles. The molecule has 2 aromatic carbocycles. The van der Waals surface area contributed by atoms with E-state index in [-0.39, 0.29) is 16.8 Å². The molecule has 8 heteroatoms. The zero-order valence-corrected chi connectivity index (χ0v) is 18.7. The normalized spacial score (nSPS) is 12.3. The summed E-state index contributed by atoms with van der Waals surface area (Å²) in [5.41, 5.74) is 1.81. The molecule has 0 bridgehead atoms. The van der Waals surface area contributed by atoms with Crippen LogP contribution in [0.25, 0.3) is 0 Å². The van der Waals surface area contributed by atoms with E-state index in [0.717, 1.165) is 17.5 Å². The quantitative estimate of drug-likeness (QED) is 0.566. The number of benzene rings is 2. The summed E-state index contributed by atoms with van der Waals surface area (Å²) < 4.78 is 37.3. The van der Waals surface area contributed by atoms with E-state index >= 15 is 0 Å². The molecule has 30 heavy (non-hydrogen) atoms. The van der Waals surface area contributed by atoms with E-state index in [0.29, 0.717) is 30.9 Å². The maximum Gasteiger partial charge on any atom is 0.240 e. The Hall–Kier alpha value is -2.58. The van der Waals surface area contributed by atoms with Gasteiger partial charge in [-0.2, -0.15) is 0 Å². The standard InChI is InChI=1S/C22H30N2O5S/c1-5-14-23-30(26,27)19-10-6-17(7-11-19)8-13-22(25)24-16(2)18-9-12-20(28-3)21(15-18)29-4/h6-7,9-12,15-16,23H,5,8,13-14H2,1-4H3,(H,24,25). The molecule has 1 unspecified atom stereocenters. The van der Waals surface area contributed by atoms with Gasteiger partial charge in [0.25, 0.3) is 0 Å². The molecular formula is C22H30N2O5S. The molecule has 0 heterocycles. The van der Waals surface area contributed by atoms with Crippen LogP contribution in [0.5, 0.6) is 11.5 Å². The lowest BCUT2D eigenvalue weighted by Gasteiger charge is -2.16. The van der Waals surface area contributed by atoms with Crippen molar-refractivity contribution in [3.63, 3.8) is 0 Å². The first-order chi connectivity index (χ1) is 14.3. The van der Waals surface area contributed by atoms with Crippen molar-refractivity contribution >= 4 is 15.9 Å². The molecule has 1 atom stereocenters. The van der Waals surface area contributed by atoms with Crippen LogP contribution in [0.2, 0.25) is 0 Å². The highest BCUT2D eigenvalue weighted by atomic mass is 32.2. The van der Waals surface area contributed by atoms with E-state index in [4.69, 9.17) is 9.47 Å². The van der Waals surface area contributed by atoms with Gasteiger partial charge in [-0.25, -0.2) is 13.1 Å². The SMILES string of the molecule is CCCNS(=O)(=O)c1ccc(CCC(=O)NC(C)c2ccc(OC)c(OC)c2)cc1.